The van der Waals surface area contributed by atoms with Crippen molar-refractivity contribution in [2.45, 2.75) is 110 Å². The highest BCUT2D eigenvalue weighted by Crippen LogP contribution is 2.38. The van der Waals surface area contributed by atoms with Crippen molar-refractivity contribution in [1.29, 1.82) is 0 Å². The Labute approximate surface area is 308 Å². The van der Waals surface area contributed by atoms with Gasteiger partial charge in [0.1, 0.15) is 12.2 Å². The van der Waals surface area contributed by atoms with Gasteiger partial charge in [0.15, 0.2) is 11.6 Å². The number of allylic oxidation sites excluding steroid dienone is 6. The van der Waals surface area contributed by atoms with Crippen LogP contribution in [-0.2, 0) is 23.5 Å². The molecule has 1 aliphatic heterocycles. The van der Waals surface area contributed by atoms with Crippen LogP contribution in [0.2, 0.25) is 5.04 Å². The zero-order valence-electron chi connectivity index (χ0n) is 30.9. The number of carbonyl (C=O) groups is 2. The van der Waals surface area contributed by atoms with Crippen LogP contribution in [0.4, 0.5) is 0 Å². The fourth-order valence-corrected chi connectivity index (χ4v) is 11.7. The third-order valence-electron chi connectivity index (χ3n) is 9.07. The summed E-state index contributed by atoms with van der Waals surface area (Å²) in [4.78, 5) is 24.2. The highest BCUT2D eigenvalue weighted by Gasteiger charge is 2.51. The van der Waals surface area contributed by atoms with Crippen molar-refractivity contribution in [2.75, 3.05) is 0 Å². The van der Waals surface area contributed by atoms with Crippen LogP contribution < -0.4 is 10.4 Å². The van der Waals surface area contributed by atoms with Crippen LogP contribution in [0.15, 0.2) is 107 Å². The average Bonchev–Trinajstić information content (AvgIpc) is 3.36. The summed E-state index contributed by atoms with van der Waals surface area (Å²) in [5.41, 5.74) is 0.851. The Balaban J connectivity index is 1.75. The molecule has 2 aromatic carbocycles. The molecule has 1 aliphatic rings. The minimum atomic E-state index is -2.85. The standard InChI is InChI=1S/C41H55BrO7Si/c1-28(24-25-35(43)30(3)39-36(47-41(8,9)48-39)27-32(42)18-16-17-23-37(44)45)26-29(2)38(46)31(4)49-50(40(5,6)7,33-19-12-10-13-20-33)34-21-14-11-15-22-34/h10-16,18-22,24-27,29-31,36,38-39,46H,17,23H2,1-9H3,(H,44,45)/b18-16+,25-24+,28-26+,32-27-/t29-,30-,31-,36+,38+,39-/m1/s1. The van der Waals surface area contributed by atoms with Crippen molar-refractivity contribution in [3.05, 3.63) is 107 Å². The van der Waals surface area contributed by atoms with Crippen LogP contribution in [0.1, 0.15) is 75.2 Å². The fourth-order valence-electron chi connectivity index (χ4n) is 6.51. The van der Waals surface area contributed by atoms with E-state index in [1.807, 2.05) is 90.1 Å². The highest BCUT2D eigenvalue weighted by molar-refractivity contribution is 9.11. The van der Waals surface area contributed by atoms with Crippen LogP contribution in [-0.4, -0.2) is 60.5 Å². The SMILES string of the molecule is CC(/C=C/C(=O)[C@@H](C)[C@H]1OC(C)(C)O[C@H]1/C=C(Br)/C=C/CCC(=O)O)=C\[C@@H](C)[C@H](O)[C@@H](C)O[Si](c1ccccc1)(c1ccccc1)C(C)(C)C. The molecule has 6 atom stereocenters. The number of ketones is 1. The normalized spacial score (nSPS) is 21.3. The molecule has 0 radical (unpaired) electrons. The third kappa shape index (κ3) is 11.0. The second-order valence-corrected chi connectivity index (χ2v) is 19.9. The maximum absolute atomic E-state index is 13.4. The van der Waals surface area contributed by atoms with Gasteiger partial charge in [0.05, 0.1) is 12.2 Å². The first-order valence-corrected chi connectivity index (χ1v) is 20.1. The molecule has 0 spiro atoms. The summed E-state index contributed by atoms with van der Waals surface area (Å²) in [6.45, 7) is 18.0. The lowest BCUT2D eigenvalue weighted by Crippen LogP contribution is -2.68. The van der Waals surface area contributed by atoms with Crippen molar-refractivity contribution in [1.82, 2.24) is 0 Å². The van der Waals surface area contributed by atoms with Gasteiger partial charge >= 0.3 is 5.97 Å². The van der Waals surface area contributed by atoms with Crippen molar-refractivity contribution in [3.63, 3.8) is 0 Å². The van der Waals surface area contributed by atoms with Crippen LogP contribution in [0.5, 0.6) is 0 Å². The maximum atomic E-state index is 13.4. The van der Waals surface area contributed by atoms with Gasteiger partial charge in [0, 0.05) is 22.7 Å². The van der Waals surface area contributed by atoms with Crippen LogP contribution in [0.3, 0.4) is 0 Å². The van der Waals surface area contributed by atoms with E-state index in [9.17, 15) is 14.7 Å². The molecule has 0 aromatic heterocycles. The van der Waals surface area contributed by atoms with Gasteiger partial charge in [-0.25, -0.2) is 0 Å². The molecule has 2 N–H and O–H groups in total. The zero-order chi connectivity index (χ0) is 37.3. The molecular formula is C41H55BrO7Si. The van der Waals surface area contributed by atoms with Gasteiger partial charge in [-0.05, 0) is 61.7 Å². The number of ether oxygens (including phenoxy) is 2. The molecule has 0 bridgehead atoms. The molecule has 0 aliphatic carbocycles. The Morgan fingerprint density at radius 2 is 1.52 bits per heavy atom. The van der Waals surface area contributed by atoms with Gasteiger partial charge in [-0.15, -0.1) is 0 Å². The summed E-state index contributed by atoms with van der Waals surface area (Å²) < 4.78 is 20.1. The number of carboxylic acids is 1. The number of aliphatic hydroxyl groups excluding tert-OH is 1. The molecule has 2 aromatic rings. The Kier molecular flexibility index (Phi) is 15.0. The predicted molar refractivity (Wildman–Crippen MR) is 207 cm³/mol. The quantitative estimate of drug-likeness (QED) is 0.102. The lowest BCUT2D eigenvalue weighted by atomic mass is 9.94. The smallest absolute Gasteiger partial charge is 0.303 e. The molecule has 0 saturated carbocycles. The third-order valence-corrected chi connectivity index (χ3v) is 14.7. The summed E-state index contributed by atoms with van der Waals surface area (Å²) in [5, 5.41) is 22.6. The molecule has 50 heavy (non-hydrogen) atoms. The molecule has 272 valence electrons. The van der Waals surface area contributed by atoms with E-state index in [1.54, 1.807) is 24.3 Å². The van der Waals surface area contributed by atoms with Gasteiger partial charge in [0.2, 0.25) is 0 Å². The van der Waals surface area contributed by atoms with Gasteiger partial charge in [0.25, 0.3) is 8.32 Å². The Hall–Kier alpha value is -2.92. The van der Waals surface area contributed by atoms with Crippen molar-refractivity contribution in [3.8, 4) is 0 Å². The molecular weight excluding hydrogens is 712 g/mol. The average molecular weight is 768 g/mol. The number of halogens is 1. The number of aliphatic carboxylic acids is 1. The summed E-state index contributed by atoms with van der Waals surface area (Å²) in [6.07, 6.45) is 8.91. The van der Waals surface area contributed by atoms with Gasteiger partial charge in [-0.1, -0.05) is 141 Å². The van der Waals surface area contributed by atoms with Crippen LogP contribution in [0, 0.1) is 11.8 Å². The number of hydrogen-bond acceptors (Lipinski definition) is 6. The van der Waals surface area contributed by atoms with E-state index in [1.165, 1.54) is 0 Å². The van der Waals surface area contributed by atoms with E-state index in [2.05, 4.69) is 61.0 Å². The Bertz CT molecular complexity index is 1500. The van der Waals surface area contributed by atoms with Crippen molar-refractivity contribution in [2.24, 2.45) is 11.8 Å². The lowest BCUT2D eigenvalue weighted by molar-refractivity contribution is -0.150. The van der Waals surface area contributed by atoms with Gasteiger partial charge < -0.3 is 24.1 Å². The molecule has 1 saturated heterocycles. The lowest BCUT2D eigenvalue weighted by Gasteiger charge is -2.45. The number of carboxylic acid groups (broad SMARTS) is 1. The fraction of sp³-hybridized carbons (Fsp3) is 0.463. The van der Waals surface area contributed by atoms with E-state index in [4.69, 9.17) is 19.0 Å². The van der Waals surface area contributed by atoms with E-state index in [-0.39, 0.29) is 23.2 Å². The van der Waals surface area contributed by atoms with E-state index >= 15 is 0 Å². The van der Waals surface area contributed by atoms with Crippen molar-refractivity contribution < 1.29 is 33.7 Å². The molecule has 7 nitrogen and oxygen atoms in total. The topological polar surface area (TPSA) is 102 Å². The second-order valence-electron chi connectivity index (χ2n) is 14.7. The number of carbonyl (C=O) groups excluding carboxylic acids is 1. The largest absolute Gasteiger partial charge is 0.481 e. The summed E-state index contributed by atoms with van der Waals surface area (Å²) in [7, 11) is -2.85. The molecule has 1 heterocycles. The van der Waals surface area contributed by atoms with E-state index in [0.717, 1.165) is 15.9 Å². The number of aliphatic hydroxyl groups is 1. The minimum absolute atomic E-state index is 0.0493. The summed E-state index contributed by atoms with van der Waals surface area (Å²) >= 11 is 3.51. The number of rotatable bonds is 16. The Morgan fingerprint density at radius 3 is 2.04 bits per heavy atom. The monoisotopic (exact) mass is 766 g/mol. The van der Waals surface area contributed by atoms with E-state index in [0.29, 0.717) is 10.9 Å². The highest BCUT2D eigenvalue weighted by atomic mass is 79.9. The van der Waals surface area contributed by atoms with Crippen LogP contribution >= 0.6 is 15.9 Å². The van der Waals surface area contributed by atoms with Gasteiger partial charge in [-0.2, -0.15) is 0 Å². The predicted octanol–water partition coefficient (Wildman–Crippen LogP) is 7.88. The first-order valence-electron chi connectivity index (χ1n) is 17.4. The number of benzene rings is 2. The molecule has 1 fully saturated rings. The first-order chi connectivity index (χ1) is 23.4. The van der Waals surface area contributed by atoms with Crippen LogP contribution in [0.25, 0.3) is 0 Å². The molecule has 0 unspecified atom stereocenters. The van der Waals surface area contributed by atoms with E-state index < -0.39 is 50.4 Å². The second kappa shape index (κ2) is 18.0. The summed E-state index contributed by atoms with van der Waals surface area (Å²) in [5.74, 6) is -2.58. The zero-order valence-corrected chi connectivity index (χ0v) is 33.5. The number of hydrogen-bond donors (Lipinski definition) is 2. The minimum Gasteiger partial charge on any atom is -0.481 e. The Morgan fingerprint density at radius 1 is 0.960 bits per heavy atom. The maximum Gasteiger partial charge on any atom is 0.303 e. The first kappa shape index (κ1) is 41.5. The molecule has 0 amide bonds. The molecule has 3 rings (SSSR count). The van der Waals surface area contributed by atoms with Crippen molar-refractivity contribution >= 4 is 46.4 Å². The van der Waals surface area contributed by atoms with Gasteiger partial charge in [-0.3, -0.25) is 9.59 Å². The summed E-state index contributed by atoms with van der Waals surface area (Å²) in [6, 6.07) is 20.8. The molecule has 9 heteroatoms.